The number of Topliss-reactive ketones (excluding diaryl/α,β-unsaturated/α-hetero) is 1. The van der Waals surface area contributed by atoms with E-state index >= 15 is 0 Å². The van der Waals surface area contributed by atoms with E-state index in [1.54, 1.807) is 6.07 Å². The van der Waals surface area contributed by atoms with Crippen LogP contribution < -0.4 is 9.64 Å². The first kappa shape index (κ1) is 17.9. The van der Waals surface area contributed by atoms with Gasteiger partial charge in [-0.3, -0.25) is 4.79 Å². The van der Waals surface area contributed by atoms with Gasteiger partial charge in [-0.25, -0.2) is 0 Å². The van der Waals surface area contributed by atoms with Crippen molar-refractivity contribution in [2.75, 3.05) is 31.2 Å². The first-order chi connectivity index (χ1) is 12.9. The number of ketones is 1. The van der Waals surface area contributed by atoms with Crippen molar-refractivity contribution in [1.29, 1.82) is 0 Å². The first-order valence-electron chi connectivity index (χ1n) is 9.41. The van der Waals surface area contributed by atoms with Gasteiger partial charge in [0.05, 0.1) is 19.6 Å². The van der Waals surface area contributed by atoms with Crippen molar-refractivity contribution in [2.24, 2.45) is 0 Å². The normalized spacial score (nSPS) is 22.3. The highest BCUT2D eigenvalue weighted by Gasteiger charge is 2.38. The molecule has 0 amide bonds. The molecule has 4 rings (SSSR count). The summed E-state index contributed by atoms with van der Waals surface area (Å²) in [5.41, 5.74) is 2.87. The summed E-state index contributed by atoms with van der Waals surface area (Å²) >= 11 is 0. The highest BCUT2D eigenvalue weighted by atomic mass is 16.5. The molecule has 1 atom stereocenters. The summed E-state index contributed by atoms with van der Waals surface area (Å²) in [5, 5.41) is 10.5. The average Bonchev–Trinajstić information content (AvgIpc) is 2.63. The molecule has 1 saturated heterocycles. The molecule has 0 aliphatic carbocycles. The van der Waals surface area contributed by atoms with Crippen molar-refractivity contribution >= 4 is 11.5 Å². The third-order valence-corrected chi connectivity index (χ3v) is 5.31. The van der Waals surface area contributed by atoms with Gasteiger partial charge in [0, 0.05) is 37.3 Å². The predicted octanol–water partition coefficient (Wildman–Crippen LogP) is 3.50. The Balaban J connectivity index is 1.64. The minimum atomic E-state index is -0.630. The van der Waals surface area contributed by atoms with Gasteiger partial charge in [-0.05, 0) is 19.4 Å². The predicted molar refractivity (Wildman–Crippen MR) is 104 cm³/mol. The fraction of sp³-hybridized carbons (Fsp3) is 0.409. The van der Waals surface area contributed by atoms with E-state index in [0.29, 0.717) is 30.9 Å². The van der Waals surface area contributed by atoms with Crippen LogP contribution in [0.25, 0.3) is 0 Å². The molecule has 1 unspecified atom stereocenters. The van der Waals surface area contributed by atoms with E-state index in [4.69, 9.17) is 9.47 Å². The van der Waals surface area contributed by atoms with Crippen LogP contribution >= 0.6 is 0 Å². The molecule has 2 aromatic rings. The van der Waals surface area contributed by atoms with Gasteiger partial charge in [0.25, 0.3) is 0 Å². The van der Waals surface area contributed by atoms with Crippen LogP contribution in [0.2, 0.25) is 0 Å². The lowest BCUT2D eigenvalue weighted by Crippen LogP contribution is -2.41. The highest BCUT2D eigenvalue weighted by molar-refractivity contribution is 6.03. The summed E-state index contributed by atoms with van der Waals surface area (Å²) in [6.07, 6.45) is 0.888. The van der Waals surface area contributed by atoms with Crippen LogP contribution in [-0.2, 0) is 11.2 Å². The smallest absolute Gasteiger partial charge is 0.174 e. The number of aryl methyl sites for hydroxylation is 1. The van der Waals surface area contributed by atoms with E-state index in [9.17, 15) is 9.90 Å². The number of benzene rings is 2. The molecule has 1 N–H and O–H groups in total. The van der Waals surface area contributed by atoms with Crippen LogP contribution in [0.15, 0.2) is 36.4 Å². The van der Waals surface area contributed by atoms with Crippen LogP contribution in [-0.4, -0.2) is 42.8 Å². The van der Waals surface area contributed by atoms with Gasteiger partial charge in [-0.1, -0.05) is 29.8 Å². The van der Waals surface area contributed by atoms with Crippen LogP contribution in [0, 0.1) is 6.92 Å². The monoisotopic (exact) mass is 367 g/mol. The molecule has 0 saturated carbocycles. The zero-order valence-electron chi connectivity index (χ0n) is 15.8. The van der Waals surface area contributed by atoms with Crippen molar-refractivity contribution in [3.05, 3.63) is 53.1 Å². The largest absolute Gasteiger partial charge is 0.507 e. The minimum Gasteiger partial charge on any atom is -0.507 e. The van der Waals surface area contributed by atoms with Gasteiger partial charge in [-0.15, -0.1) is 0 Å². The third-order valence-electron chi connectivity index (χ3n) is 5.31. The molecule has 2 heterocycles. The summed E-state index contributed by atoms with van der Waals surface area (Å²) in [4.78, 5) is 14.9. The number of carbonyl (C=O) groups is 1. The molecule has 0 bridgehead atoms. The molecule has 0 aromatic heterocycles. The van der Waals surface area contributed by atoms with Crippen molar-refractivity contribution in [3.63, 3.8) is 0 Å². The molecular weight excluding hydrogens is 342 g/mol. The molecule has 0 radical (unpaired) electrons. The quantitative estimate of drug-likeness (QED) is 0.900. The average molecular weight is 367 g/mol. The highest BCUT2D eigenvalue weighted by Crippen LogP contribution is 2.42. The Hall–Kier alpha value is -2.53. The van der Waals surface area contributed by atoms with Gasteiger partial charge in [0.15, 0.2) is 5.78 Å². The molecule has 0 spiro atoms. The number of hydrogen-bond donors (Lipinski definition) is 1. The van der Waals surface area contributed by atoms with Crippen LogP contribution in [0.1, 0.15) is 34.8 Å². The number of ether oxygens (including phenoxy) is 2. The van der Waals surface area contributed by atoms with Crippen molar-refractivity contribution in [1.82, 2.24) is 0 Å². The van der Waals surface area contributed by atoms with Gasteiger partial charge in [-0.2, -0.15) is 0 Å². The number of rotatable bonds is 3. The zero-order valence-corrected chi connectivity index (χ0v) is 15.8. The number of nitrogens with zero attached hydrogens (tertiary/aromatic N) is 1. The Bertz CT molecular complexity index is 855. The maximum Gasteiger partial charge on any atom is 0.174 e. The van der Waals surface area contributed by atoms with Crippen LogP contribution in [0.5, 0.6) is 11.5 Å². The summed E-state index contributed by atoms with van der Waals surface area (Å²) in [6.45, 7) is 6.84. The Morgan fingerprint density at radius 1 is 1.15 bits per heavy atom. The Morgan fingerprint density at radius 3 is 2.56 bits per heavy atom. The van der Waals surface area contributed by atoms with Gasteiger partial charge in [0.1, 0.15) is 22.7 Å². The standard InChI is InChI=1S/C22H25NO4/c1-15-3-5-16(6-4-15)13-22(2)14-19(25)21-18(24)11-17(12-20(21)27-22)23-7-9-26-10-8-23/h3-6,11-12,24H,7-10,13-14H2,1-2H3. The molecule has 1 fully saturated rings. The number of carbonyl (C=O) groups excluding carboxylic acids is 1. The molecule has 27 heavy (non-hydrogen) atoms. The van der Waals surface area contributed by atoms with E-state index in [0.717, 1.165) is 24.3 Å². The SMILES string of the molecule is Cc1ccc(CC2(C)CC(=O)c3c(O)cc(N4CCOCC4)cc3O2)cc1. The maximum atomic E-state index is 12.8. The molecular formula is C22H25NO4. The Morgan fingerprint density at radius 2 is 1.85 bits per heavy atom. The molecule has 5 heteroatoms. The van der Waals surface area contributed by atoms with E-state index in [2.05, 4.69) is 36.1 Å². The number of fused-ring (bicyclic) bond motifs is 1. The maximum absolute atomic E-state index is 12.8. The third kappa shape index (κ3) is 3.65. The zero-order chi connectivity index (χ0) is 19.0. The van der Waals surface area contributed by atoms with Crippen LogP contribution in [0.4, 0.5) is 5.69 Å². The van der Waals surface area contributed by atoms with E-state index in [-0.39, 0.29) is 18.0 Å². The van der Waals surface area contributed by atoms with Gasteiger partial charge >= 0.3 is 0 Å². The summed E-state index contributed by atoms with van der Waals surface area (Å²) < 4.78 is 11.7. The fourth-order valence-electron chi connectivity index (χ4n) is 3.92. The first-order valence-corrected chi connectivity index (χ1v) is 9.41. The number of phenolic OH excluding ortho intramolecular Hbond substituents is 1. The second kappa shape index (κ2) is 6.89. The number of anilines is 1. The minimum absolute atomic E-state index is 0.00335. The molecule has 2 aromatic carbocycles. The van der Waals surface area contributed by atoms with E-state index in [1.807, 2.05) is 13.0 Å². The number of morpholine rings is 1. The lowest BCUT2D eigenvalue weighted by Gasteiger charge is -2.36. The Labute approximate surface area is 159 Å². The molecule has 142 valence electrons. The lowest BCUT2D eigenvalue weighted by atomic mass is 9.86. The van der Waals surface area contributed by atoms with Crippen molar-refractivity contribution in [2.45, 2.75) is 32.3 Å². The molecule has 5 nitrogen and oxygen atoms in total. The molecule has 2 aliphatic heterocycles. The van der Waals surface area contributed by atoms with E-state index < -0.39 is 5.60 Å². The number of hydrogen-bond acceptors (Lipinski definition) is 5. The molecule has 2 aliphatic rings. The number of phenols is 1. The van der Waals surface area contributed by atoms with Crippen molar-refractivity contribution in [3.8, 4) is 11.5 Å². The van der Waals surface area contributed by atoms with Gasteiger partial charge in [0.2, 0.25) is 0 Å². The summed E-state index contributed by atoms with van der Waals surface area (Å²) in [5.74, 6) is 0.399. The van der Waals surface area contributed by atoms with Crippen molar-refractivity contribution < 1.29 is 19.4 Å². The summed E-state index contributed by atoms with van der Waals surface area (Å²) in [6, 6.07) is 11.8. The summed E-state index contributed by atoms with van der Waals surface area (Å²) in [7, 11) is 0. The van der Waals surface area contributed by atoms with E-state index in [1.165, 1.54) is 5.56 Å². The van der Waals surface area contributed by atoms with Crippen LogP contribution in [0.3, 0.4) is 0 Å². The second-order valence-corrected chi connectivity index (χ2v) is 7.75. The number of aromatic hydroxyl groups is 1. The van der Waals surface area contributed by atoms with Gasteiger partial charge < -0.3 is 19.5 Å². The topological polar surface area (TPSA) is 59.0 Å². The second-order valence-electron chi connectivity index (χ2n) is 7.75. The lowest BCUT2D eigenvalue weighted by molar-refractivity contribution is 0.0518. The fourth-order valence-corrected chi connectivity index (χ4v) is 3.92. The Kier molecular flexibility index (Phi) is 4.56.